The molecule has 0 unspecified atom stereocenters. The second-order valence-corrected chi connectivity index (χ2v) is 3.33. The topological polar surface area (TPSA) is 46.5 Å². The van der Waals surface area contributed by atoms with Crippen LogP contribution in [-0.2, 0) is 0 Å². The summed E-state index contributed by atoms with van der Waals surface area (Å²) in [7, 11) is 0. The zero-order chi connectivity index (χ0) is 11.4. The maximum atomic E-state index is 10.9. The molecule has 0 bridgehead atoms. The number of benzene rings is 1. The summed E-state index contributed by atoms with van der Waals surface area (Å²) in [6.07, 6.45) is 5.12. The summed E-state index contributed by atoms with van der Waals surface area (Å²) in [4.78, 5) is 10.9. The number of terminal acetylenes is 1. The minimum absolute atomic E-state index is 0.0696. The lowest BCUT2D eigenvalue weighted by atomic mass is 10.1. The largest absolute Gasteiger partial charge is 0.490 e. The van der Waals surface area contributed by atoms with Gasteiger partial charge in [0.25, 0.3) is 0 Å². The van der Waals surface area contributed by atoms with Crippen LogP contribution in [0.4, 0.5) is 0 Å². The van der Waals surface area contributed by atoms with Crippen LogP contribution in [0.5, 0.6) is 5.75 Å². The number of carboxylic acid groups (broad SMARTS) is 1. The number of carbonyl (C=O) groups is 1. The van der Waals surface area contributed by atoms with E-state index in [1.165, 1.54) is 6.07 Å². The van der Waals surface area contributed by atoms with Crippen LogP contribution in [0.2, 0.25) is 0 Å². The maximum Gasteiger partial charge on any atom is 0.339 e. The molecule has 0 atom stereocenters. The molecule has 0 radical (unpaired) electrons. The van der Waals surface area contributed by atoms with Gasteiger partial charge in [-0.05, 0) is 32.0 Å². The van der Waals surface area contributed by atoms with Crippen LogP contribution in [0, 0.1) is 12.3 Å². The van der Waals surface area contributed by atoms with Gasteiger partial charge in [-0.2, -0.15) is 0 Å². The van der Waals surface area contributed by atoms with Gasteiger partial charge in [0.05, 0.1) is 6.10 Å². The highest BCUT2D eigenvalue weighted by Gasteiger charge is 2.12. The molecule has 0 amide bonds. The Kier molecular flexibility index (Phi) is 3.35. The third-order valence-electron chi connectivity index (χ3n) is 1.74. The molecule has 1 aromatic rings. The standard InChI is InChI=1S/C12H12O3/c1-4-9-5-6-11(15-8(2)3)10(7-9)12(13)14/h1,5-8H,2-3H3,(H,13,14). The van der Waals surface area contributed by atoms with Crippen molar-refractivity contribution in [1.29, 1.82) is 0 Å². The zero-order valence-electron chi connectivity index (χ0n) is 8.65. The number of rotatable bonds is 3. The number of aromatic carboxylic acids is 1. The SMILES string of the molecule is C#Cc1ccc(OC(C)C)c(C(=O)O)c1. The Morgan fingerprint density at radius 1 is 1.53 bits per heavy atom. The van der Waals surface area contributed by atoms with Crippen LogP contribution in [-0.4, -0.2) is 17.2 Å². The fourth-order valence-electron chi connectivity index (χ4n) is 1.14. The van der Waals surface area contributed by atoms with Crippen LogP contribution >= 0.6 is 0 Å². The van der Waals surface area contributed by atoms with Gasteiger partial charge in [-0.25, -0.2) is 4.79 Å². The number of hydrogen-bond acceptors (Lipinski definition) is 2. The average Bonchev–Trinajstić information content (AvgIpc) is 2.17. The maximum absolute atomic E-state index is 10.9. The molecule has 0 saturated heterocycles. The Bertz CT molecular complexity index is 413. The van der Waals surface area contributed by atoms with Crippen LogP contribution in [0.15, 0.2) is 18.2 Å². The normalized spacial score (nSPS) is 9.73. The van der Waals surface area contributed by atoms with Gasteiger partial charge >= 0.3 is 5.97 Å². The van der Waals surface area contributed by atoms with Gasteiger partial charge in [0.15, 0.2) is 0 Å². The first-order valence-electron chi connectivity index (χ1n) is 4.55. The highest BCUT2D eigenvalue weighted by atomic mass is 16.5. The van der Waals surface area contributed by atoms with Gasteiger partial charge in [0.1, 0.15) is 11.3 Å². The van der Waals surface area contributed by atoms with Crippen molar-refractivity contribution in [1.82, 2.24) is 0 Å². The predicted octanol–water partition coefficient (Wildman–Crippen LogP) is 2.15. The van der Waals surface area contributed by atoms with Crippen LogP contribution in [0.1, 0.15) is 29.8 Å². The van der Waals surface area contributed by atoms with Crippen molar-refractivity contribution in [2.45, 2.75) is 20.0 Å². The molecule has 0 spiro atoms. The van der Waals surface area contributed by atoms with Crippen LogP contribution < -0.4 is 4.74 Å². The van der Waals surface area contributed by atoms with Gasteiger partial charge in [-0.1, -0.05) is 5.92 Å². The minimum atomic E-state index is -1.04. The molecule has 15 heavy (non-hydrogen) atoms. The molecular formula is C12H12O3. The van der Waals surface area contributed by atoms with Crippen molar-refractivity contribution in [2.24, 2.45) is 0 Å². The first-order valence-corrected chi connectivity index (χ1v) is 4.55. The van der Waals surface area contributed by atoms with Crippen molar-refractivity contribution in [3.8, 4) is 18.1 Å². The summed E-state index contributed by atoms with van der Waals surface area (Å²) in [6.45, 7) is 3.67. The van der Waals surface area contributed by atoms with E-state index in [2.05, 4.69) is 5.92 Å². The van der Waals surface area contributed by atoms with Crippen molar-refractivity contribution < 1.29 is 14.6 Å². The summed E-state index contributed by atoms with van der Waals surface area (Å²) in [5.74, 6) is 1.69. The highest BCUT2D eigenvalue weighted by Crippen LogP contribution is 2.21. The molecule has 1 N–H and O–H groups in total. The first-order chi connectivity index (χ1) is 7.04. The van der Waals surface area contributed by atoms with Crippen LogP contribution in [0.3, 0.4) is 0 Å². The van der Waals surface area contributed by atoms with E-state index in [0.717, 1.165) is 0 Å². The smallest absolute Gasteiger partial charge is 0.339 e. The molecule has 0 aliphatic rings. The Morgan fingerprint density at radius 2 is 2.20 bits per heavy atom. The van der Waals surface area contributed by atoms with Gasteiger partial charge in [0.2, 0.25) is 0 Å². The second kappa shape index (κ2) is 4.52. The lowest BCUT2D eigenvalue weighted by molar-refractivity contribution is 0.0690. The Labute approximate surface area is 88.7 Å². The third kappa shape index (κ3) is 2.75. The van der Waals surface area contributed by atoms with E-state index in [9.17, 15) is 4.79 Å². The quantitative estimate of drug-likeness (QED) is 0.767. The molecular weight excluding hydrogens is 192 g/mol. The summed E-state index contributed by atoms with van der Waals surface area (Å²) < 4.78 is 5.36. The van der Waals surface area contributed by atoms with E-state index < -0.39 is 5.97 Å². The molecule has 78 valence electrons. The predicted molar refractivity (Wildman–Crippen MR) is 57.1 cm³/mol. The summed E-state index contributed by atoms with van der Waals surface area (Å²) >= 11 is 0. The van der Waals surface area contributed by atoms with Crippen molar-refractivity contribution in [3.05, 3.63) is 29.3 Å². The highest BCUT2D eigenvalue weighted by molar-refractivity contribution is 5.91. The van der Waals surface area contributed by atoms with Gasteiger partial charge in [-0.3, -0.25) is 0 Å². The lowest BCUT2D eigenvalue weighted by Gasteiger charge is -2.12. The average molecular weight is 204 g/mol. The molecule has 0 aliphatic carbocycles. The summed E-state index contributed by atoms with van der Waals surface area (Å²) in [6, 6.07) is 4.67. The number of hydrogen-bond donors (Lipinski definition) is 1. The summed E-state index contributed by atoms with van der Waals surface area (Å²) in [5, 5.41) is 8.95. The van der Waals surface area contributed by atoms with Gasteiger partial charge in [0, 0.05) is 5.56 Å². The molecule has 0 aliphatic heterocycles. The molecule has 0 heterocycles. The minimum Gasteiger partial charge on any atom is -0.490 e. The van der Waals surface area contributed by atoms with E-state index in [0.29, 0.717) is 11.3 Å². The Hall–Kier alpha value is -1.95. The van der Waals surface area contributed by atoms with Crippen LogP contribution in [0.25, 0.3) is 0 Å². The van der Waals surface area contributed by atoms with Gasteiger partial charge in [-0.15, -0.1) is 6.42 Å². The fraction of sp³-hybridized carbons (Fsp3) is 0.250. The Balaban J connectivity index is 3.16. The molecule has 3 heteroatoms. The molecule has 1 rings (SSSR count). The monoisotopic (exact) mass is 204 g/mol. The molecule has 0 saturated carbocycles. The lowest BCUT2D eigenvalue weighted by Crippen LogP contribution is -2.10. The van der Waals surface area contributed by atoms with Crippen molar-refractivity contribution in [2.75, 3.05) is 0 Å². The van der Waals surface area contributed by atoms with E-state index in [1.54, 1.807) is 12.1 Å². The molecule has 1 aromatic carbocycles. The fourth-order valence-corrected chi connectivity index (χ4v) is 1.14. The van der Waals surface area contributed by atoms with Crippen molar-refractivity contribution >= 4 is 5.97 Å². The van der Waals surface area contributed by atoms with Crippen molar-refractivity contribution in [3.63, 3.8) is 0 Å². The van der Waals surface area contributed by atoms with E-state index in [4.69, 9.17) is 16.3 Å². The van der Waals surface area contributed by atoms with E-state index >= 15 is 0 Å². The molecule has 0 fully saturated rings. The Morgan fingerprint density at radius 3 is 2.67 bits per heavy atom. The number of ether oxygens (including phenoxy) is 1. The van der Waals surface area contributed by atoms with E-state index in [-0.39, 0.29) is 11.7 Å². The number of carboxylic acids is 1. The summed E-state index contributed by atoms with van der Waals surface area (Å²) in [5.41, 5.74) is 0.627. The molecule has 3 nitrogen and oxygen atoms in total. The first kappa shape index (κ1) is 11.1. The van der Waals surface area contributed by atoms with E-state index in [1.807, 2.05) is 13.8 Å². The zero-order valence-corrected chi connectivity index (χ0v) is 8.65. The molecule has 0 aromatic heterocycles. The van der Waals surface area contributed by atoms with Gasteiger partial charge < -0.3 is 9.84 Å². The third-order valence-corrected chi connectivity index (χ3v) is 1.74. The second-order valence-electron chi connectivity index (χ2n) is 3.33.